The normalized spacial score (nSPS) is 11.5. The molecule has 0 atom stereocenters. The Morgan fingerprint density at radius 2 is 2.07 bits per heavy atom. The molecule has 2 N–H and O–H groups in total. The van der Waals surface area contributed by atoms with E-state index in [1.807, 2.05) is 26.0 Å². The van der Waals surface area contributed by atoms with Crippen LogP contribution in [-0.4, -0.2) is 22.2 Å². The lowest BCUT2D eigenvalue weighted by Gasteiger charge is -2.31. The largest absolute Gasteiger partial charge is 0.394 e. The van der Waals surface area contributed by atoms with Gasteiger partial charge in [0.1, 0.15) is 11.0 Å². The zero-order valence-corrected chi connectivity index (χ0v) is 9.88. The molecule has 0 aromatic carbocycles. The standard InChI is InChI=1S/C11H17ClN2O/c1-3-11(4-2,8-15)14-10-7-5-6-9(12)13-10/h5-7,15H,3-4,8H2,1-2H3,(H,13,14). The average Bonchev–Trinajstić information content (AvgIpc) is 2.26. The number of aliphatic hydroxyl groups excluding tert-OH is 1. The minimum atomic E-state index is -0.294. The van der Waals surface area contributed by atoms with Crippen LogP contribution in [0.1, 0.15) is 26.7 Å². The Labute approximate surface area is 95.5 Å². The molecule has 1 heterocycles. The van der Waals surface area contributed by atoms with Crippen molar-refractivity contribution >= 4 is 17.4 Å². The fourth-order valence-electron chi connectivity index (χ4n) is 1.44. The molecule has 15 heavy (non-hydrogen) atoms. The lowest BCUT2D eigenvalue weighted by atomic mass is 9.94. The van der Waals surface area contributed by atoms with Gasteiger partial charge >= 0.3 is 0 Å². The summed E-state index contributed by atoms with van der Waals surface area (Å²) in [5, 5.41) is 13.1. The number of aromatic nitrogens is 1. The van der Waals surface area contributed by atoms with Crippen LogP contribution in [0.3, 0.4) is 0 Å². The minimum Gasteiger partial charge on any atom is -0.394 e. The molecule has 0 aliphatic rings. The molecule has 0 fully saturated rings. The van der Waals surface area contributed by atoms with E-state index in [1.165, 1.54) is 0 Å². The summed E-state index contributed by atoms with van der Waals surface area (Å²) < 4.78 is 0. The molecule has 1 aromatic rings. The zero-order chi connectivity index (χ0) is 11.3. The fraction of sp³-hybridized carbons (Fsp3) is 0.545. The molecule has 3 nitrogen and oxygen atoms in total. The monoisotopic (exact) mass is 228 g/mol. The van der Waals surface area contributed by atoms with Gasteiger partial charge in [0.2, 0.25) is 0 Å². The number of rotatable bonds is 5. The topological polar surface area (TPSA) is 45.1 Å². The van der Waals surface area contributed by atoms with Crippen molar-refractivity contribution in [1.82, 2.24) is 4.98 Å². The molecular weight excluding hydrogens is 212 g/mol. The van der Waals surface area contributed by atoms with E-state index in [9.17, 15) is 5.11 Å². The van der Waals surface area contributed by atoms with Crippen LogP contribution >= 0.6 is 11.6 Å². The summed E-state index contributed by atoms with van der Waals surface area (Å²) in [6.45, 7) is 4.17. The molecule has 0 radical (unpaired) electrons. The summed E-state index contributed by atoms with van der Waals surface area (Å²) in [6.07, 6.45) is 1.68. The lowest BCUT2D eigenvalue weighted by Crippen LogP contribution is -2.41. The fourth-order valence-corrected chi connectivity index (χ4v) is 1.60. The lowest BCUT2D eigenvalue weighted by molar-refractivity contribution is 0.202. The molecule has 0 unspecified atom stereocenters. The third-order valence-electron chi connectivity index (χ3n) is 2.76. The van der Waals surface area contributed by atoms with E-state index < -0.39 is 0 Å². The van der Waals surface area contributed by atoms with Crippen LogP contribution in [0.25, 0.3) is 0 Å². The first-order chi connectivity index (χ1) is 7.15. The van der Waals surface area contributed by atoms with Crippen molar-refractivity contribution in [3.05, 3.63) is 23.4 Å². The van der Waals surface area contributed by atoms with Gasteiger partial charge in [-0.15, -0.1) is 0 Å². The highest BCUT2D eigenvalue weighted by Crippen LogP contribution is 2.21. The van der Waals surface area contributed by atoms with Gasteiger partial charge in [-0.3, -0.25) is 0 Å². The average molecular weight is 229 g/mol. The van der Waals surface area contributed by atoms with Crippen LogP contribution < -0.4 is 5.32 Å². The van der Waals surface area contributed by atoms with Gasteiger partial charge in [-0.1, -0.05) is 31.5 Å². The first-order valence-electron chi connectivity index (χ1n) is 5.17. The number of halogens is 1. The second-order valence-corrected chi connectivity index (χ2v) is 4.00. The zero-order valence-electron chi connectivity index (χ0n) is 9.13. The molecule has 0 aliphatic heterocycles. The summed E-state index contributed by atoms with van der Waals surface area (Å²) in [5.41, 5.74) is -0.294. The van der Waals surface area contributed by atoms with E-state index in [2.05, 4.69) is 10.3 Å². The van der Waals surface area contributed by atoms with E-state index in [0.29, 0.717) is 11.0 Å². The summed E-state index contributed by atoms with van der Waals surface area (Å²) in [6, 6.07) is 5.41. The molecule has 0 spiro atoms. The second kappa shape index (κ2) is 5.33. The summed E-state index contributed by atoms with van der Waals surface area (Å²) in [4.78, 5) is 4.15. The van der Waals surface area contributed by atoms with Crippen molar-refractivity contribution in [3.8, 4) is 0 Å². The van der Waals surface area contributed by atoms with Crippen molar-refractivity contribution in [1.29, 1.82) is 0 Å². The third kappa shape index (κ3) is 3.08. The minimum absolute atomic E-state index is 0.0915. The number of hydrogen-bond donors (Lipinski definition) is 2. The quantitative estimate of drug-likeness (QED) is 0.762. The molecule has 1 aromatic heterocycles. The maximum Gasteiger partial charge on any atom is 0.131 e. The van der Waals surface area contributed by atoms with E-state index in [1.54, 1.807) is 6.07 Å². The smallest absolute Gasteiger partial charge is 0.131 e. The van der Waals surface area contributed by atoms with Gasteiger partial charge in [-0.05, 0) is 25.0 Å². The predicted molar refractivity (Wildman–Crippen MR) is 63.3 cm³/mol. The van der Waals surface area contributed by atoms with Crippen LogP contribution in [0.5, 0.6) is 0 Å². The van der Waals surface area contributed by atoms with E-state index in [-0.39, 0.29) is 12.1 Å². The maximum absolute atomic E-state index is 9.38. The molecule has 0 saturated heterocycles. The highest BCUT2D eigenvalue weighted by Gasteiger charge is 2.25. The number of aliphatic hydroxyl groups is 1. The van der Waals surface area contributed by atoms with Gasteiger partial charge in [-0.2, -0.15) is 0 Å². The highest BCUT2D eigenvalue weighted by molar-refractivity contribution is 6.29. The first-order valence-corrected chi connectivity index (χ1v) is 5.55. The third-order valence-corrected chi connectivity index (χ3v) is 2.98. The summed E-state index contributed by atoms with van der Waals surface area (Å²) in [7, 11) is 0. The van der Waals surface area contributed by atoms with Crippen LogP contribution in [0.2, 0.25) is 5.15 Å². The summed E-state index contributed by atoms with van der Waals surface area (Å²) >= 11 is 5.79. The Hall–Kier alpha value is -0.800. The van der Waals surface area contributed by atoms with Gasteiger partial charge in [0.05, 0.1) is 12.1 Å². The number of nitrogens with one attached hydrogen (secondary N) is 1. The van der Waals surface area contributed by atoms with Crippen molar-refractivity contribution in [2.45, 2.75) is 32.2 Å². The van der Waals surface area contributed by atoms with Crippen LogP contribution in [-0.2, 0) is 0 Å². The Balaban J connectivity index is 2.82. The van der Waals surface area contributed by atoms with Gasteiger partial charge in [0, 0.05) is 0 Å². The Bertz CT molecular complexity index is 305. The molecule has 0 amide bonds. The van der Waals surface area contributed by atoms with Crippen LogP contribution in [0, 0.1) is 0 Å². The van der Waals surface area contributed by atoms with Gasteiger partial charge in [0.15, 0.2) is 0 Å². The molecule has 0 saturated carbocycles. The van der Waals surface area contributed by atoms with Gasteiger partial charge < -0.3 is 10.4 Å². The van der Waals surface area contributed by atoms with Gasteiger partial charge in [-0.25, -0.2) is 4.98 Å². The number of pyridine rings is 1. The molecule has 1 rings (SSSR count). The maximum atomic E-state index is 9.38. The number of hydrogen-bond acceptors (Lipinski definition) is 3. The molecular formula is C11H17ClN2O. The second-order valence-electron chi connectivity index (χ2n) is 3.62. The molecule has 84 valence electrons. The SMILES string of the molecule is CCC(CC)(CO)Nc1cccc(Cl)n1. The predicted octanol–water partition coefficient (Wildman–Crippen LogP) is 2.70. The Morgan fingerprint density at radius 1 is 1.40 bits per heavy atom. The van der Waals surface area contributed by atoms with Crippen molar-refractivity contribution < 1.29 is 5.11 Å². The highest BCUT2D eigenvalue weighted by atomic mass is 35.5. The molecule has 0 aliphatic carbocycles. The van der Waals surface area contributed by atoms with Gasteiger partial charge in [0.25, 0.3) is 0 Å². The van der Waals surface area contributed by atoms with Crippen LogP contribution in [0.15, 0.2) is 18.2 Å². The Morgan fingerprint density at radius 3 is 2.53 bits per heavy atom. The summed E-state index contributed by atoms with van der Waals surface area (Å²) in [5.74, 6) is 0.709. The van der Waals surface area contributed by atoms with E-state index in [4.69, 9.17) is 11.6 Å². The van der Waals surface area contributed by atoms with E-state index >= 15 is 0 Å². The van der Waals surface area contributed by atoms with Crippen molar-refractivity contribution in [2.75, 3.05) is 11.9 Å². The van der Waals surface area contributed by atoms with E-state index in [0.717, 1.165) is 12.8 Å². The van der Waals surface area contributed by atoms with Crippen LogP contribution in [0.4, 0.5) is 5.82 Å². The molecule has 4 heteroatoms. The van der Waals surface area contributed by atoms with Crippen molar-refractivity contribution in [2.24, 2.45) is 0 Å². The molecule has 0 bridgehead atoms. The first kappa shape index (κ1) is 12.3. The Kier molecular flexibility index (Phi) is 4.36. The number of nitrogens with zero attached hydrogens (tertiary/aromatic N) is 1. The number of anilines is 1. The van der Waals surface area contributed by atoms with Crippen molar-refractivity contribution in [3.63, 3.8) is 0 Å².